The number of carboxylic acid groups (broad SMARTS) is 1. The summed E-state index contributed by atoms with van der Waals surface area (Å²) in [7, 11) is 0. The maximum absolute atomic E-state index is 13.8. The van der Waals surface area contributed by atoms with Crippen molar-refractivity contribution in [3.05, 3.63) is 52.3 Å². The van der Waals surface area contributed by atoms with Gasteiger partial charge in [-0.05, 0) is 19.4 Å². The molecule has 3 fully saturated rings. The summed E-state index contributed by atoms with van der Waals surface area (Å²) in [4.78, 5) is 48.1. The van der Waals surface area contributed by atoms with Crippen molar-refractivity contribution in [1.29, 1.82) is 0 Å². The summed E-state index contributed by atoms with van der Waals surface area (Å²) in [6.45, 7) is 6.18. The van der Waals surface area contributed by atoms with Crippen LogP contribution in [0.5, 0.6) is 0 Å². The average Bonchev–Trinajstić information content (AvgIpc) is 3.43. The van der Waals surface area contributed by atoms with Crippen molar-refractivity contribution in [2.45, 2.75) is 25.3 Å². The molecule has 180 valence electrons. The second-order valence-electron chi connectivity index (χ2n) is 9.63. The second-order valence-corrected chi connectivity index (χ2v) is 9.63. The van der Waals surface area contributed by atoms with E-state index < -0.39 is 6.04 Å². The average molecular weight is 468 g/mol. The summed E-state index contributed by atoms with van der Waals surface area (Å²) in [5.41, 5.74) is 1.83. The van der Waals surface area contributed by atoms with Crippen molar-refractivity contribution in [1.82, 2.24) is 19.4 Å². The number of ether oxygens (including phenoxy) is 1. The predicted octanol–water partition coefficient (Wildman–Crippen LogP) is 0.917. The molecule has 0 radical (unpaired) electrons. The van der Waals surface area contributed by atoms with E-state index in [1.54, 1.807) is 17.0 Å². The Hall–Kier alpha value is -3.27. The molecule has 0 saturated carbocycles. The highest BCUT2D eigenvalue weighted by molar-refractivity contribution is 5.82. The lowest BCUT2D eigenvalue weighted by atomic mass is 9.78. The van der Waals surface area contributed by atoms with Crippen molar-refractivity contribution in [3.8, 4) is 0 Å². The number of pyridine rings is 1. The molecule has 3 saturated heterocycles. The molecule has 10 nitrogen and oxygen atoms in total. The Kier molecular flexibility index (Phi) is 6.07. The molecule has 0 aromatic carbocycles. The number of anilines is 1. The van der Waals surface area contributed by atoms with Gasteiger partial charge in [0.1, 0.15) is 18.2 Å². The Labute approximate surface area is 197 Å². The maximum Gasteiger partial charge on any atom is 0.290 e. The molecule has 0 aliphatic carbocycles. The normalized spacial score (nSPS) is 29.0. The first-order chi connectivity index (χ1) is 16.5. The molecule has 4 aliphatic heterocycles. The zero-order chi connectivity index (χ0) is 23.8. The molecule has 6 heterocycles. The zero-order valence-electron chi connectivity index (χ0n) is 19.1. The fourth-order valence-corrected chi connectivity index (χ4v) is 6.11. The first kappa shape index (κ1) is 22.5. The summed E-state index contributed by atoms with van der Waals surface area (Å²) < 4.78 is 7.39. The quantitative estimate of drug-likeness (QED) is 0.648. The third-order valence-electron chi connectivity index (χ3n) is 7.57. The minimum absolute atomic E-state index is 0.0698. The number of hydrogen-bond donors (Lipinski definition) is 1. The predicted molar refractivity (Wildman–Crippen MR) is 123 cm³/mol. The summed E-state index contributed by atoms with van der Waals surface area (Å²) in [6.07, 6.45) is 2.52. The molecule has 1 amide bonds. The Balaban J connectivity index is 0.000000764. The van der Waals surface area contributed by atoms with Crippen LogP contribution in [0.1, 0.15) is 29.8 Å². The van der Waals surface area contributed by atoms with Gasteiger partial charge in [0, 0.05) is 73.4 Å². The van der Waals surface area contributed by atoms with Crippen LogP contribution < -0.4 is 10.5 Å². The summed E-state index contributed by atoms with van der Waals surface area (Å²) in [5.74, 6) is 2.13. The molecule has 5 atom stereocenters. The zero-order valence-corrected chi connectivity index (χ0v) is 19.1. The molecule has 34 heavy (non-hydrogen) atoms. The number of aromatic nitrogens is 3. The van der Waals surface area contributed by atoms with Gasteiger partial charge in [0.15, 0.2) is 0 Å². The lowest BCUT2D eigenvalue weighted by molar-refractivity contribution is -0.137. The number of hydrogen-bond acceptors (Lipinski definition) is 7. The first-order valence-corrected chi connectivity index (χ1v) is 11.7. The van der Waals surface area contributed by atoms with Gasteiger partial charge in [-0.3, -0.25) is 19.0 Å². The van der Waals surface area contributed by atoms with E-state index in [0.717, 1.165) is 56.5 Å². The number of nitrogens with zero attached hydrogens (tertiary/aromatic N) is 5. The van der Waals surface area contributed by atoms with E-state index >= 15 is 0 Å². The van der Waals surface area contributed by atoms with Gasteiger partial charge in [-0.25, -0.2) is 9.97 Å². The minimum atomic E-state index is -0.453. The molecule has 2 aromatic heterocycles. The molecule has 0 unspecified atom stereocenters. The van der Waals surface area contributed by atoms with Gasteiger partial charge < -0.3 is 19.6 Å². The van der Waals surface area contributed by atoms with Gasteiger partial charge in [-0.2, -0.15) is 0 Å². The van der Waals surface area contributed by atoms with Crippen LogP contribution in [0, 0.1) is 24.7 Å². The number of carbonyl (C=O) groups excluding carboxylic acids is 1. The Morgan fingerprint density at radius 3 is 2.56 bits per heavy atom. The molecule has 2 bridgehead atoms. The molecule has 2 aromatic rings. The number of rotatable bonds is 2. The third-order valence-corrected chi connectivity index (χ3v) is 7.57. The van der Waals surface area contributed by atoms with Gasteiger partial charge in [-0.15, -0.1) is 0 Å². The highest BCUT2D eigenvalue weighted by Gasteiger charge is 2.48. The van der Waals surface area contributed by atoms with Crippen LogP contribution in [0.15, 0.2) is 35.4 Å². The van der Waals surface area contributed by atoms with Crippen LogP contribution >= 0.6 is 0 Å². The smallest absolute Gasteiger partial charge is 0.290 e. The number of likely N-dealkylation sites (tertiary alicyclic amines) is 1. The fourth-order valence-electron chi connectivity index (χ4n) is 6.11. The Morgan fingerprint density at radius 1 is 1.12 bits per heavy atom. The van der Waals surface area contributed by atoms with Crippen LogP contribution in [0.4, 0.5) is 5.82 Å². The number of piperidine rings is 1. The SMILES string of the molecule is Cc1cc(N2C[C@H]3C[C@@H](C2)[C@H](C(=O)N2C[C@H]4COC[C@H]4C2)n2c3cccc2=O)ncn1.O=CO. The monoisotopic (exact) mass is 467 g/mol. The van der Waals surface area contributed by atoms with Crippen LogP contribution in [0.2, 0.25) is 0 Å². The van der Waals surface area contributed by atoms with E-state index in [-0.39, 0.29) is 29.8 Å². The van der Waals surface area contributed by atoms with Crippen LogP contribution in [0.25, 0.3) is 0 Å². The number of amides is 1. The van der Waals surface area contributed by atoms with Gasteiger partial charge in [0.25, 0.3) is 12.0 Å². The van der Waals surface area contributed by atoms with Gasteiger partial charge in [0.05, 0.1) is 13.2 Å². The van der Waals surface area contributed by atoms with E-state index in [4.69, 9.17) is 14.6 Å². The minimum Gasteiger partial charge on any atom is -0.483 e. The lowest BCUT2D eigenvalue weighted by Crippen LogP contribution is -2.54. The number of carbonyl (C=O) groups is 2. The van der Waals surface area contributed by atoms with E-state index in [1.165, 1.54) is 0 Å². The van der Waals surface area contributed by atoms with Crippen molar-refractivity contribution in [2.75, 3.05) is 44.3 Å². The highest BCUT2D eigenvalue weighted by Crippen LogP contribution is 2.43. The van der Waals surface area contributed by atoms with Gasteiger partial charge in [-0.1, -0.05) is 6.07 Å². The maximum atomic E-state index is 13.8. The largest absolute Gasteiger partial charge is 0.483 e. The first-order valence-electron chi connectivity index (χ1n) is 11.7. The molecular weight excluding hydrogens is 438 g/mol. The third kappa shape index (κ3) is 3.96. The van der Waals surface area contributed by atoms with E-state index in [1.807, 2.05) is 30.0 Å². The summed E-state index contributed by atoms with van der Waals surface area (Å²) in [5, 5.41) is 6.89. The van der Waals surface area contributed by atoms with Crippen molar-refractivity contribution in [2.24, 2.45) is 17.8 Å². The molecule has 4 aliphatic rings. The molecule has 10 heteroatoms. The fraction of sp³-hybridized carbons (Fsp3) is 0.542. The highest BCUT2D eigenvalue weighted by atomic mass is 16.5. The van der Waals surface area contributed by atoms with Crippen molar-refractivity contribution < 1.29 is 19.4 Å². The van der Waals surface area contributed by atoms with Gasteiger partial charge >= 0.3 is 0 Å². The van der Waals surface area contributed by atoms with Crippen molar-refractivity contribution in [3.63, 3.8) is 0 Å². The van der Waals surface area contributed by atoms with E-state index in [2.05, 4.69) is 14.9 Å². The van der Waals surface area contributed by atoms with Gasteiger partial charge in [0.2, 0.25) is 5.91 Å². The second kappa shape index (κ2) is 9.17. The summed E-state index contributed by atoms with van der Waals surface area (Å²) >= 11 is 0. The van der Waals surface area contributed by atoms with Crippen LogP contribution in [-0.2, 0) is 14.3 Å². The number of aryl methyl sites for hydroxylation is 1. The van der Waals surface area contributed by atoms with E-state index in [0.29, 0.717) is 18.4 Å². The van der Waals surface area contributed by atoms with Crippen molar-refractivity contribution >= 4 is 18.2 Å². The molecule has 1 N–H and O–H groups in total. The number of fused-ring (bicyclic) bond motifs is 5. The summed E-state index contributed by atoms with van der Waals surface area (Å²) in [6, 6.07) is 6.97. The standard InChI is InChI=1S/C23H27N5O3.CH2O2/c1-14-5-20(25-13-24-14)26-7-15-6-16(8-26)22(28-19(15)3-2-4-21(28)29)23(30)27-9-17-11-31-12-18(17)10-27;2-1-3/h2-5,13,15-18,22H,6-12H2,1H3;1H,(H,2,3)/t15-,16+,17-,18+,22-;/m1./s1. The van der Waals surface area contributed by atoms with Crippen LogP contribution in [-0.4, -0.2) is 76.3 Å². The van der Waals surface area contributed by atoms with Crippen LogP contribution in [0.3, 0.4) is 0 Å². The van der Waals surface area contributed by atoms with E-state index in [9.17, 15) is 9.59 Å². The lowest BCUT2D eigenvalue weighted by Gasteiger charge is -2.47. The Morgan fingerprint density at radius 2 is 1.85 bits per heavy atom. The molecular formula is C24H29N5O5. The Bertz CT molecular complexity index is 1120. The molecule has 0 spiro atoms. The topological polar surface area (TPSA) is 118 Å². The molecule has 6 rings (SSSR count).